The van der Waals surface area contributed by atoms with Gasteiger partial charge in [-0.15, -0.1) is 0 Å². The van der Waals surface area contributed by atoms with Crippen molar-refractivity contribution < 1.29 is 0 Å². The van der Waals surface area contributed by atoms with Gasteiger partial charge in [-0.25, -0.2) is 0 Å². The Kier molecular flexibility index (Phi) is 27.8. The van der Waals surface area contributed by atoms with Crippen LogP contribution in [0.1, 0.15) is 100 Å². The van der Waals surface area contributed by atoms with Gasteiger partial charge in [-0.1, -0.05) is 100 Å². The van der Waals surface area contributed by atoms with Gasteiger partial charge in [0.2, 0.25) is 0 Å². The zero-order valence-corrected chi connectivity index (χ0v) is 14.1. The summed E-state index contributed by atoms with van der Waals surface area (Å²) in [7, 11) is 0. The second-order valence-electron chi connectivity index (χ2n) is 5.72. The molecule has 0 atom stereocenters. The molecule has 0 aliphatic carbocycles. The minimum atomic E-state index is 0.898. The molecule has 0 aliphatic rings. The smallest absolute Gasteiger partial charge is 0.0471 e. The third-order valence-corrected chi connectivity index (χ3v) is 2.50. The zero-order valence-electron chi connectivity index (χ0n) is 14.1. The van der Waals surface area contributed by atoms with Crippen LogP contribution in [0.4, 0.5) is 0 Å². The maximum atomic E-state index is 2.27. The van der Waals surface area contributed by atoms with E-state index >= 15 is 0 Å². The largest absolute Gasteiger partial charge is 0.0654 e. The third kappa shape index (κ3) is 49.0. The maximum absolute atomic E-state index is 2.27. The van der Waals surface area contributed by atoms with Crippen LogP contribution in [-0.4, -0.2) is 0 Å². The number of rotatable bonds is 6. The van der Waals surface area contributed by atoms with Gasteiger partial charge in [0.05, 0.1) is 0 Å². The Bertz CT molecular complexity index is 90.2. The van der Waals surface area contributed by atoms with Gasteiger partial charge in [0.15, 0.2) is 0 Å². The zero-order chi connectivity index (χ0) is 14.1. The molecule has 0 amide bonds. The summed E-state index contributed by atoms with van der Waals surface area (Å²) in [6.07, 6.45) is 9.49. The molecule has 0 bridgehead atoms. The van der Waals surface area contributed by atoms with E-state index in [4.69, 9.17) is 0 Å². The van der Waals surface area contributed by atoms with Crippen molar-refractivity contribution in [3.63, 3.8) is 0 Å². The van der Waals surface area contributed by atoms with Crippen LogP contribution < -0.4 is 0 Å². The van der Waals surface area contributed by atoms with Crippen molar-refractivity contribution in [3.8, 4) is 0 Å². The molecule has 0 heteroatoms. The van der Waals surface area contributed by atoms with Gasteiger partial charge in [-0.3, -0.25) is 0 Å². The van der Waals surface area contributed by atoms with Crippen LogP contribution >= 0.6 is 0 Å². The summed E-state index contributed by atoms with van der Waals surface area (Å²) in [4.78, 5) is 0. The first-order valence-corrected chi connectivity index (χ1v) is 7.95. The Balaban J connectivity index is -0.000000180. The Hall–Kier alpha value is 0. The first-order chi connectivity index (χ1) is 7.95. The van der Waals surface area contributed by atoms with Gasteiger partial charge < -0.3 is 0 Å². The van der Waals surface area contributed by atoms with Crippen molar-refractivity contribution in [2.45, 2.75) is 100 Å². The summed E-state index contributed by atoms with van der Waals surface area (Å²) in [5, 5.41) is 0. The van der Waals surface area contributed by atoms with Gasteiger partial charge in [-0.2, -0.15) is 0 Å². The lowest BCUT2D eigenvalue weighted by Crippen LogP contribution is -1.83. The number of hydrogen-bond acceptors (Lipinski definition) is 0. The van der Waals surface area contributed by atoms with Crippen molar-refractivity contribution in [3.05, 3.63) is 0 Å². The fourth-order valence-electron chi connectivity index (χ4n) is 1.19. The molecule has 17 heavy (non-hydrogen) atoms. The van der Waals surface area contributed by atoms with Crippen LogP contribution in [0.2, 0.25) is 0 Å². The first-order valence-electron chi connectivity index (χ1n) is 7.95. The van der Waals surface area contributed by atoms with Crippen LogP contribution in [0.25, 0.3) is 0 Å². The molecule has 0 saturated heterocycles. The van der Waals surface area contributed by atoms with Gasteiger partial charge >= 0.3 is 0 Å². The molecule has 0 nitrogen and oxygen atoms in total. The van der Waals surface area contributed by atoms with Gasteiger partial charge in [-0.05, 0) is 11.8 Å². The fraction of sp³-hybridized carbons (Fsp3) is 1.00. The maximum Gasteiger partial charge on any atom is -0.0471 e. The standard InChI is InChI=1S/C7H16.C6H14.C4H10/c1-4-5-6-7(2)3;1-4-5-6(2)3;1-3-4-2/h7H,4-6H2,1-3H3;6H,4-5H2,1-3H3;3-4H2,1-2H3. The predicted octanol–water partition coefficient (Wildman–Crippen LogP) is 7.08. The van der Waals surface area contributed by atoms with Crippen LogP contribution in [-0.2, 0) is 0 Å². The molecule has 0 fully saturated rings. The first kappa shape index (κ1) is 22.2. The van der Waals surface area contributed by atoms with E-state index in [2.05, 4.69) is 55.4 Å². The molecule has 0 spiro atoms. The van der Waals surface area contributed by atoms with E-state index in [0.29, 0.717) is 0 Å². The summed E-state index contributed by atoms with van der Waals surface area (Å²) in [5.41, 5.74) is 0. The van der Waals surface area contributed by atoms with E-state index in [1.807, 2.05) is 0 Å². The van der Waals surface area contributed by atoms with Crippen molar-refractivity contribution in [1.29, 1.82) is 0 Å². The Morgan fingerprint density at radius 2 is 0.941 bits per heavy atom. The van der Waals surface area contributed by atoms with Gasteiger partial charge in [0.1, 0.15) is 0 Å². The van der Waals surface area contributed by atoms with E-state index < -0.39 is 0 Å². The van der Waals surface area contributed by atoms with Gasteiger partial charge in [0, 0.05) is 0 Å². The fourth-order valence-corrected chi connectivity index (χ4v) is 1.19. The highest BCUT2D eigenvalue weighted by atomic mass is 13.9. The van der Waals surface area contributed by atoms with E-state index in [9.17, 15) is 0 Å². The molecule has 0 N–H and O–H groups in total. The van der Waals surface area contributed by atoms with Crippen LogP contribution in [0.5, 0.6) is 0 Å². The molecule has 0 aliphatic heterocycles. The normalized spacial score (nSPS) is 9.53. The second-order valence-corrected chi connectivity index (χ2v) is 5.72. The second kappa shape index (κ2) is 21.3. The average molecular weight is 245 g/mol. The monoisotopic (exact) mass is 244 g/mol. The molecule has 0 unspecified atom stereocenters. The highest BCUT2D eigenvalue weighted by Gasteiger charge is 1.88. The highest BCUT2D eigenvalue weighted by Crippen LogP contribution is 2.04. The lowest BCUT2D eigenvalue weighted by Gasteiger charge is -1.98. The topological polar surface area (TPSA) is 0 Å². The van der Waals surface area contributed by atoms with Crippen molar-refractivity contribution >= 4 is 0 Å². The van der Waals surface area contributed by atoms with E-state index in [-0.39, 0.29) is 0 Å². The quantitative estimate of drug-likeness (QED) is 0.468. The Morgan fingerprint density at radius 1 is 0.529 bits per heavy atom. The molecule has 0 aromatic heterocycles. The highest BCUT2D eigenvalue weighted by molar-refractivity contribution is 4.42. The Labute approximate surface area is 113 Å². The summed E-state index contributed by atoms with van der Waals surface area (Å²) in [6, 6.07) is 0. The molecule has 0 radical (unpaired) electrons. The number of hydrogen-bond donors (Lipinski definition) is 0. The minimum Gasteiger partial charge on any atom is -0.0654 e. The van der Waals surface area contributed by atoms with E-state index in [1.54, 1.807) is 0 Å². The average Bonchev–Trinajstić information content (AvgIpc) is 2.27. The summed E-state index contributed by atoms with van der Waals surface area (Å²) < 4.78 is 0. The predicted molar refractivity (Wildman–Crippen MR) is 84.7 cm³/mol. The van der Waals surface area contributed by atoms with Crippen LogP contribution in [0.15, 0.2) is 0 Å². The Morgan fingerprint density at radius 3 is 1.00 bits per heavy atom. The van der Waals surface area contributed by atoms with E-state index in [0.717, 1.165) is 11.8 Å². The lowest BCUT2D eigenvalue weighted by atomic mass is 10.1. The molecule has 0 rings (SSSR count). The summed E-state index contributed by atoms with van der Waals surface area (Å²) in [5.74, 6) is 1.80. The molecule has 0 aromatic rings. The lowest BCUT2D eigenvalue weighted by molar-refractivity contribution is 0.550. The SMILES string of the molecule is CCCC.CCCC(C)C.CCCCC(C)C. The third-order valence-electron chi connectivity index (χ3n) is 2.50. The number of unbranched alkanes of at least 4 members (excludes halogenated alkanes) is 2. The summed E-state index contributed by atoms with van der Waals surface area (Å²) >= 11 is 0. The molecular weight excluding hydrogens is 204 g/mol. The van der Waals surface area contributed by atoms with E-state index in [1.165, 1.54) is 44.9 Å². The minimum absolute atomic E-state index is 0.898. The van der Waals surface area contributed by atoms with Crippen molar-refractivity contribution in [2.24, 2.45) is 11.8 Å². The molecular formula is C17H40. The van der Waals surface area contributed by atoms with Crippen molar-refractivity contribution in [2.75, 3.05) is 0 Å². The van der Waals surface area contributed by atoms with Gasteiger partial charge in [0.25, 0.3) is 0 Å². The molecule has 0 saturated carbocycles. The van der Waals surface area contributed by atoms with Crippen LogP contribution in [0, 0.1) is 11.8 Å². The van der Waals surface area contributed by atoms with Crippen molar-refractivity contribution in [1.82, 2.24) is 0 Å². The molecule has 108 valence electrons. The molecule has 0 aromatic carbocycles. The van der Waals surface area contributed by atoms with Crippen LogP contribution in [0.3, 0.4) is 0 Å². The molecule has 0 heterocycles. The summed E-state index contributed by atoms with van der Waals surface area (Å²) in [6.45, 7) is 17.9.